The van der Waals surface area contributed by atoms with Crippen molar-refractivity contribution in [3.05, 3.63) is 40.7 Å². The van der Waals surface area contributed by atoms with Crippen molar-refractivity contribution in [2.45, 2.75) is 13.0 Å². The van der Waals surface area contributed by atoms with Gasteiger partial charge in [0.05, 0.1) is 4.92 Å². The Hall–Kier alpha value is -1.95. The molecule has 0 saturated carbocycles. The number of benzene rings is 1. The molecule has 0 bridgehead atoms. The predicted octanol–water partition coefficient (Wildman–Crippen LogP) is 2.48. The van der Waals surface area contributed by atoms with Gasteiger partial charge in [0.15, 0.2) is 5.82 Å². The van der Waals surface area contributed by atoms with E-state index in [1.54, 1.807) is 23.1 Å². The van der Waals surface area contributed by atoms with Crippen molar-refractivity contribution in [3.8, 4) is 11.4 Å². The molecule has 2 aromatic rings. The molecule has 1 heterocycles. The summed E-state index contributed by atoms with van der Waals surface area (Å²) in [7, 11) is 0. The van der Waals surface area contributed by atoms with Crippen molar-refractivity contribution >= 4 is 17.3 Å². The lowest BCUT2D eigenvalue weighted by molar-refractivity contribution is -0.384. The first-order valence-corrected chi connectivity index (χ1v) is 5.94. The maximum Gasteiger partial charge on any atom is 0.270 e. The largest absolute Gasteiger partial charge is 0.270 e. The minimum Gasteiger partial charge on any atom is -0.258 e. The van der Waals surface area contributed by atoms with Gasteiger partial charge in [-0.15, -0.1) is 11.6 Å². The van der Waals surface area contributed by atoms with E-state index in [4.69, 9.17) is 11.6 Å². The van der Waals surface area contributed by atoms with E-state index in [1.807, 2.05) is 0 Å². The van der Waals surface area contributed by atoms with Crippen molar-refractivity contribution in [1.29, 1.82) is 0 Å². The molecular formula is C11H11ClN4O2. The molecule has 0 aliphatic rings. The zero-order chi connectivity index (χ0) is 13.0. The fourth-order valence-corrected chi connectivity index (χ4v) is 1.63. The molecule has 1 aromatic heterocycles. The van der Waals surface area contributed by atoms with Crippen LogP contribution in [0.15, 0.2) is 30.6 Å². The van der Waals surface area contributed by atoms with E-state index in [9.17, 15) is 10.1 Å². The van der Waals surface area contributed by atoms with Gasteiger partial charge in [-0.3, -0.25) is 14.8 Å². The van der Waals surface area contributed by atoms with Gasteiger partial charge in [0, 0.05) is 30.1 Å². The van der Waals surface area contributed by atoms with Crippen LogP contribution in [-0.2, 0) is 6.54 Å². The van der Waals surface area contributed by atoms with Crippen LogP contribution < -0.4 is 0 Å². The number of aromatic nitrogens is 3. The molecule has 18 heavy (non-hydrogen) atoms. The molecule has 0 amide bonds. The Morgan fingerprint density at radius 3 is 3.00 bits per heavy atom. The van der Waals surface area contributed by atoms with E-state index in [-0.39, 0.29) is 5.69 Å². The lowest BCUT2D eigenvalue weighted by Crippen LogP contribution is -1.99. The highest BCUT2D eigenvalue weighted by Crippen LogP contribution is 2.20. The fourth-order valence-electron chi connectivity index (χ4n) is 1.51. The molecule has 0 radical (unpaired) electrons. The summed E-state index contributed by atoms with van der Waals surface area (Å²) in [4.78, 5) is 14.4. The summed E-state index contributed by atoms with van der Waals surface area (Å²) in [6, 6.07) is 6.26. The number of rotatable bonds is 5. The highest BCUT2D eigenvalue weighted by molar-refractivity contribution is 6.17. The van der Waals surface area contributed by atoms with Gasteiger partial charge < -0.3 is 0 Å². The van der Waals surface area contributed by atoms with Crippen LogP contribution in [0.5, 0.6) is 0 Å². The maximum atomic E-state index is 10.7. The molecular weight excluding hydrogens is 256 g/mol. The molecule has 0 N–H and O–H groups in total. The predicted molar refractivity (Wildman–Crippen MR) is 67.4 cm³/mol. The summed E-state index contributed by atoms with van der Waals surface area (Å²) in [6.45, 7) is 0.686. The molecule has 94 valence electrons. The second kappa shape index (κ2) is 5.59. The first-order valence-electron chi connectivity index (χ1n) is 5.41. The van der Waals surface area contributed by atoms with Gasteiger partial charge in [-0.05, 0) is 6.42 Å². The van der Waals surface area contributed by atoms with Crippen molar-refractivity contribution < 1.29 is 4.92 Å². The molecule has 0 fully saturated rings. The van der Waals surface area contributed by atoms with Gasteiger partial charge >= 0.3 is 0 Å². The summed E-state index contributed by atoms with van der Waals surface area (Å²) in [5.74, 6) is 1.04. The highest BCUT2D eigenvalue weighted by Gasteiger charge is 2.10. The minimum absolute atomic E-state index is 0.0320. The third-order valence-corrected chi connectivity index (χ3v) is 2.64. The lowest BCUT2D eigenvalue weighted by atomic mass is 10.2. The second-order valence-corrected chi connectivity index (χ2v) is 4.06. The number of alkyl halides is 1. The van der Waals surface area contributed by atoms with Gasteiger partial charge in [-0.25, -0.2) is 4.98 Å². The number of non-ortho nitro benzene ring substituents is 1. The summed E-state index contributed by atoms with van der Waals surface area (Å²) in [5.41, 5.74) is 0.665. The third kappa shape index (κ3) is 2.84. The Kier molecular flexibility index (Phi) is 3.88. The normalized spacial score (nSPS) is 10.5. The maximum absolute atomic E-state index is 10.7. The van der Waals surface area contributed by atoms with Crippen molar-refractivity contribution in [2.75, 3.05) is 5.88 Å². The Labute approximate surface area is 108 Å². The van der Waals surface area contributed by atoms with Crippen LogP contribution in [0.25, 0.3) is 11.4 Å². The molecule has 6 nitrogen and oxygen atoms in total. The Morgan fingerprint density at radius 1 is 1.44 bits per heavy atom. The van der Waals surface area contributed by atoms with Crippen molar-refractivity contribution in [3.63, 3.8) is 0 Å². The topological polar surface area (TPSA) is 73.8 Å². The first-order chi connectivity index (χ1) is 8.70. The van der Waals surface area contributed by atoms with Gasteiger partial charge in [-0.2, -0.15) is 5.10 Å². The number of aryl methyl sites for hydroxylation is 1. The zero-order valence-corrected chi connectivity index (χ0v) is 10.2. The average Bonchev–Trinajstić information content (AvgIpc) is 2.85. The van der Waals surface area contributed by atoms with Crippen LogP contribution in [0.4, 0.5) is 5.69 Å². The fraction of sp³-hybridized carbons (Fsp3) is 0.273. The van der Waals surface area contributed by atoms with Gasteiger partial charge in [0.2, 0.25) is 0 Å². The Bertz CT molecular complexity index is 555. The van der Waals surface area contributed by atoms with E-state index in [2.05, 4.69) is 10.1 Å². The van der Waals surface area contributed by atoms with Crippen LogP contribution >= 0.6 is 11.6 Å². The number of nitro groups is 1. The Balaban J connectivity index is 2.23. The van der Waals surface area contributed by atoms with Crippen LogP contribution in [-0.4, -0.2) is 25.6 Å². The number of hydrogen-bond acceptors (Lipinski definition) is 4. The van der Waals surface area contributed by atoms with E-state index in [0.29, 0.717) is 23.8 Å². The Morgan fingerprint density at radius 2 is 2.28 bits per heavy atom. The van der Waals surface area contributed by atoms with E-state index < -0.39 is 4.92 Å². The quantitative estimate of drug-likeness (QED) is 0.473. The van der Waals surface area contributed by atoms with Crippen LogP contribution in [0.3, 0.4) is 0 Å². The molecule has 2 rings (SSSR count). The number of nitro benzene ring substituents is 1. The van der Waals surface area contributed by atoms with E-state index in [1.165, 1.54) is 12.1 Å². The summed E-state index contributed by atoms with van der Waals surface area (Å²) < 4.78 is 1.68. The number of nitrogens with zero attached hydrogens (tertiary/aromatic N) is 4. The van der Waals surface area contributed by atoms with E-state index >= 15 is 0 Å². The molecule has 0 saturated heterocycles. The summed E-state index contributed by atoms with van der Waals surface area (Å²) in [6.07, 6.45) is 2.40. The van der Waals surface area contributed by atoms with Crippen LogP contribution in [0.2, 0.25) is 0 Å². The summed E-state index contributed by atoms with van der Waals surface area (Å²) in [5, 5.41) is 14.9. The number of halogens is 1. The minimum atomic E-state index is -0.437. The smallest absolute Gasteiger partial charge is 0.258 e. The number of hydrogen-bond donors (Lipinski definition) is 0. The third-order valence-electron chi connectivity index (χ3n) is 2.37. The van der Waals surface area contributed by atoms with Crippen molar-refractivity contribution in [2.24, 2.45) is 0 Å². The molecule has 1 aromatic carbocycles. The van der Waals surface area contributed by atoms with Crippen LogP contribution in [0, 0.1) is 10.1 Å². The molecule has 0 spiro atoms. The molecule has 0 aliphatic carbocycles. The zero-order valence-electron chi connectivity index (χ0n) is 9.49. The standard InChI is InChI=1S/C11H11ClN4O2/c12-5-2-6-15-8-13-11(14-15)9-3-1-4-10(7-9)16(17)18/h1,3-4,7-8H,2,5-6H2. The van der Waals surface area contributed by atoms with Crippen LogP contribution in [0.1, 0.15) is 6.42 Å². The molecule has 0 unspecified atom stereocenters. The second-order valence-electron chi connectivity index (χ2n) is 3.68. The van der Waals surface area contributed by atoms with Gasteiger partial charge in [0.1, 0.15) is 6.33 Å². The van der Waals surface area contributed by atoms with E-state index in [0.717, 1.165) is 6.42 Å². The SMILES string of the molecule is O=[N+]([O-])c1cccc(-c2ncn(CCCCl)n2)c1. The summed E-state index contributed by atoms with van der Waals surface area (Å²) >= 11 is 5.59. The highest BCUT2D eigenvalue weighted by atomic mass is 35.5. The lowest BCUT2D eigenvalue weighted by Gasteiger charge is -1.97. The first kappa shape index (κ1) is 12.5. The molecule has 0 aliphatic heterocycles. The monoisotopic (exact) mass is 266 g/mol. The molecule has 0 atom stereocenters. The van der Waals surface area contributed by atoms with Crippen molar-refractivity contribution in [1.82, 2.24) is 14.8 Å². The van der Waals surface area contributed by atoms with Gasteiger partial charge in [-0.1, -0.05) is 12.1 Å². The van der Waals surface area contributed by atoms with Gasteiger partial charge in [0.25, 0.3) is 5.69 Å². The average molecular weight is 267 g/mol. The molecule has 7 heteroatoms.